The van der Waals surface area contributed by atoms with Crippen LogP contribution in [0.5, 0.6) is 0 Å². The molecule has 2 rings (SSSR count). The third-order valence-corrected chi connectivity index (χ3v) is 3.85. The zero-order valence-electron chi connectivity index (χ0n) is 12.6. The van der Waals surface area contributed by atoms with Gasteiger partial charge in [0.05, 0.1) is 24.4 Å². The van der Waals surface area contributed by atoms with Crippen molar-refractivity contribution in [1.29, 1.82) is 0 Å². The zero-order valence-corrected chi connectivity index (χ0v) is 12.6. The average molecular weight is 313 g/mol. The van der Waals surface area contributed by atoms with Gasteiger partial charge in [0.2, 0.25) is 5.91 Å². The van der Waals surface area contributed by atoms with Crippen LogP contribution in [0.2, 0.25) is 0 Å². The van der Waals surface area contributed by atoms with E-state index in [0.717, 1.165) is 19.3 Å². The highest BCUT2D eigenvalue weighted by Crippen LogP contribution is 2.28. The first-order valence-electron chi connectivity index (χ1n) is 7.43. The highest BCUT2D eigenvalue weighted by molar-refractivity contribution is 5.87. The maximum atomic E-state index is 12.6. The SMILES string of the molecule is C=CC(=O)N(Cc1ccn(C(F)F)n1)[C@@H]1CCC[C@H]1OCC. The van der Waals surface area contributed by atoms with Crippen LogP contribution >= 0.6 is 0 Å². The molecule has 22 heavy (non-hydrogen) atoms. The van der Waals surface area contributed by atoms with Gasteiger partial charge in [-0.2, -0.15) is 13.9 Å². The van der Waals surface area contributed by atoms with E-state index in [-0.39, 0.29) is 24.6 Å². The highest BCUT2D eigenvalue weighted by Gasteiger charge is 2.34. The Balaban J connectivity index is 2.15. The first kappa shape index (κ1) is 16.6. The van der Waals surface area contributed by atoms with Crippen molar-refractivity contribution in [2.75, 3.05) is 6.61 Å². The number of rotatable bonds is 7. The fourth-order valence-electron chi connectivity index (χ4n) is 2.89. The third kappa shape index (κ3) is 3.71. The number of hydrogen-bond donors (Lipinski definition) is 0. The molecular weight excluding hydrogens is 292 g/mol. The maximum absolute atomic E-state index is 12.6. The molecule has 1 aliphatic carbocycles. The molecule has 1 amide bonds. The van der Waals surface area contributed by atoms with Crippen LogP contribution in [-0.2, 0) is 16.1 Å². The number of alkyl halides is 2. The Morgan fingerprint density at radius 2 is 2.41 bits per heavy atom. The Morgan fingerprint density at radius 1 is 1.64 bits per heavy atom. The molecule has 1 aliphatic rings. The van der Waals surface area contributed by atoms with Crippen molar-refractivity contribution < 1.29 is 18.3 Å². The molecule has 0 unspecified atom stereocenters. The van der Waals surface area contributed by atoms with Crippen molar-refractivity contribution >= 4 is 5.91 Å². The van der Waals surface area contributed by atoms with E-state index in [2.05, 4.69) is 11.7 Å². The van der Waals surface area contributed by atoms with Gasteiger partial charge in [0.25, 0.3) is 0 Å². The van der Waals surface area contributed by atoms with Gasteiger partial charge in [0.1, 0.15) is 0 Å². The number of nitrogens with zero attached hydrogens (tertiary/aromatic N) is 3. The van der Waals surface area contributed by atoms with Crippen LogP contribution in [-0.4, -0.2) is 39.3 Å². The summed E-state index contributed by atoms with van der Waals surface area (Å²) in [7, 11) is 0. The summed E-state index contributed by atoms with van der Waals surface area (Å²) >= 11 is 0. The van der Waals surface area contributed by atoms with Crippen LogP contribution in [0.3, 0.4) is 0 Å². The number of hydrogen-bond acceptors (Lipinski definition) is 3. The van der Waals surface area contributed by atoms with Crippen molar-refractivity contribution in [1.82, 2.24) is 14.7 Å². The lowest BCUT2D eigenvalue weighted by atomic mass is 10.1. The van der Waals surface area contributed by atoms with Gasteiger partial charge in [-0.1, -0.05) is 6.58 Å². The first-order chi connectivity index (χ1) is 10.6. The van der Waals surface area contributed by atoms with Crippen molar-refractivity contribution in [3.63, 3.8) is 0 Å². The standard InChI is InChI=1S/C15H21F2N3O2/c1-3-14(21)19(12-6-5-7-13(12)22-4-2)10-11-8-9-20(18-11)15(16)17/h3,8-9,12-13,15H,1,4-7,10H2,2H3/t12-,13-/m1/s1. The minimum atomic E-state index is -2.68. The molecule has 0 saturated heterocycles. The van der Waals surface area contributed by atoms with Crippen molar-refractivity contribution in [3.8, 4) is 0 Å². The Kier molecular flexibility index (Phi) is 5.65. The number of ether oxygens (including phenoxy) is 1. The zero-order chi connectivity index (χ0) is 16.1. The Morgan fingerprint density at radius 3 is 3.00 bits per heavy atom. The summed E-state index contributed by atoms with van der Waals surface area (Å²) in [5.41, 5.74) is 0.428. The maximum Gasteiger partial charge on any atom is 0.333 e. The van der Waals surface area contributed by atoms with E-state index >= 15 is 0 Å². The van der Waals surface area contributed by atoms with Gasteiger partial charge in [-0.3, -0.25) is 4.79 Å². The van der Waals surface area contributed by atoms with Gasteiger partial charge >= 0.3 is 6.55 Å². The molecule has 1 aromatic heterocycles. The minimum Gasteiger partial charge on any atom is -0.376 e. The summed E-state index contributed by atoms with van der Waals surface area (Å²) in [6, 6.07) is 1.43. The Labute approximate surface area is 128 Å². The molecule has 1 fully saturated rings. The number of amides is 1. The van der Waals surface area contributed by atoms with Crippen molar-refractivity contribution in [2.24, 2.45) is 0 Å². The van der Waals surface area contributed by atoms with Gasteiger partial charge in [-0.25, -0.2) is 4.68 Å². The van der Waals surface area contributed by atoms with Gasteiger partial charge in [-0.15, -0.1) is 0 Å². The molecule has 0 radical (unpaired) electrons. The summed E-state index contributed by atoms with van der Waals surface area (Å²) in [5.74, 6) is -0.233. The summed E-state index contributed by atoms with van der Waals surface area (Å²) in [5, 5.41) is 3.81. The molecule has 7 heteroatoms. The molecule has 0 aliphatic heterocycles. The largest absolute Gasteiger partial charge is 0.376 e. The molecule has 2 atom stereocenters. The molecule has 1 aromatic rings. The predicted molar refractivity (Wildman–Crippen MR) is 77.3 cm³/mol. The van der Waals surface area contributed by atoms with Gasteiger partial charge in [0.15, 0.2) is 0 Å². The van der Waals surface area contributed by atoms with Gasteiger partial charge in [-0.05, 0) is 38.3 Å². The molecule has 1 heterocycles. The van der Waals surface area contributed by atoms with E-state index in [1.54, 1.807) is 4.90 Å². The average Bonchev–Trinajstić information content (AvgIpc) is 3.13. The van der Waals surface area contributed by atoms with Crippen LogP contribution in [0.15, 0.2) is 24.9 Å². The lowest BCUT2D eigenvalue weighted by molar-refractivity contribution is -0.132. The molecule has 5 nitrogen and oxygen atoms in total. The normalized spacial score (nSPS) is 21.3. The Bertz CT molecular complexity index is 519. The van der Waals surface area contributed by atoms with E-state index in [1.807, 2.05) is 6.92 Å². The van der Waals surface area contributed by atoms with Gasteiger partial charge in [0, 0.05) is 12.8 Å². The van der Waals surface area contributed by atoms with E-state index in [4.69, 9.17) is 4.74 Å². The molecule has 0 spiro atoms. The van der Waals surface area contributed by atoms with Crippen LogP contribution in [0.1, 0.15) is 38.4 Å². The monoisotopic (exact) mass is 313 g/mol. The smallest absolute Gasteiger partial charge is 0.333 e. The fourth-order valence-corrected chi connectivity index (χ4v) is 2.89. The lowest BCUT2D eigenvalue weighted by Gasteiger charge is -2.31. The van der Waals surface area contributed by atoms with E-state index in [0.29, 0.717) is 17.0 Å². The summed E-state index contributed by atoms with van der Waals surface area (Å²) in [4.78, 5) is 13.8. The minimum absolute atomic E-state index is 0.0221. The second-order valence-electron chi connectivity index (χ2n) is 5.23. The highest BCUT2D eigenvalue weighted by atomic mass is 19.3. The first-order valence-corrected chi connectivity index (χ1v) is 7.43. The van der Waals surface area contributed by atoms with Gasteiger partial charge < -0.3 is 9.64 Å². The molecule has 0 aromatic carbocycles. The number of carbonyl (C=O) groups is 1. The molecule has 122 valence electrons. The predicted octanol–water partition coefficient (Wildman–Crippen LogP) is 2.75. The van der Waals surface area contributed by atoms with Crippen LogP contribution < -0.4 is 0 Å². The number of aromatic nitrogens is 2. The molecular formula is C15H21F2N3O2. The second-order valence-corrected chi connectivity index (χ2v) is 5.23. The summed E-state index contributed by atoms with van der Waals surface area (Å²) < 4.78 is 31.5. The number of halogens is 2. The fraction of sp³-hybridized carbons (Fsp3) is 0.600. The molecule has 0 N–H and O–H groups in total. The third-order valence-electron chi connectivity index (χ3n) is 3.85. The van der Waals surface area contributed by atoms with E-state index in [9.17, 15) is 13.6 Å². The number of carbonyl (C=O) groups excluding carboxylic acids is 1. The molecule has 0 bridgehead atoms. The van der Waals surface area contributed by atoms with E-state index < -0.39 is 6.55 Å². The van der Waals surface area contributed by atoms with Crippen molar-refractivity contribution in [2.45, 2.75) is 51.4 Å². The van der Waals surface area contributed by atoms with Crippen LogP contribution in [0.25, 0.3) is 0 Å². The van der Waals surface area contributed by atoms with Crippen LogP contribution in [0.4, 0.5) is 8.78 Å². The van der Waals surface area contributed by atoms with Crippen LogP contribution in [0, 0.1) is 0 Å². The quantitative estimate of drug-likeness (QED) is 0.727. The Hall–Kier alpha value is -1.76. The second kappa shape index (κ2) is 7.49. The van der Waals surface area contributed by atoms with E-state index in [1.165, 1.54) is 18.3 Å². The van der Waals surface area contributed by atoms with Crippen molar-refractivity contribution in [3.05, 3.63) is 30.6 Å². The summed E-state index contributed by atoms with van der Waals surface area (Å²) in [6.07, 6.45) is 5.13. The lowest BCUT2D eigenvalue weighted by Crippen LogP contribution is -2.44. The summed E-state index contributed by atoms with van der Waals surface area (Å²) in [6.45, 7) is 3.52. The topological polar surface area (TPSA) is 47.4 Å². The molecule has 1 saturated carbocycles.